The number of hydrogen-bond acceptors (Lipinski definition) is 1. The molecule has 0 N–H and O–H groups in total. The van der Waals surface area contributed by atoms with Crippen molar-refractivity contribution < 1.29 is 30.5 Å². The van der Waals surface area contributed by atoms with Gasteiger partial charge in [-0.2, -0.15) is 0 Å². The van der Waals surface area contributed by atoms with Crippen LogP contribution in [0.2, 0.25) is 0 Å². The number of rotatable bonds is 4. The molecule has 9 aromatic carbocycles. The largest absolute Gasteiger partial charge is 0.456 e. The summed E-state index contributed by atoms with van der Waals surface area (Å²) in [7, 11) is 0. The van der Waals surface area contributed by atoms with Crippen LogP contribution < -0.4 is 0 Å². The van der Waals surface area contributed by atoms with Crippen LogP contribution in [0.4, 0.5) is 0 Å². The second-order valence-electron chi connectivity index (χ2n) is 11.4. The molecular formula is C48H30O. The molecule has 0 aliphatic carbocycles. The smallest absolute Gasteiger partial charge is 0.136 e. The van der Waals surface area contributed by atoms with Gasteiger partial charge in [0.15, 0.2) is 0 Å². The molecule has 49 heavy (non-hydrogen) atoms. The summed E-state index contributed by atoms with van der Waals surface area (Å²) in [6, 6.07) is 4.76. The Kier molecular flexibility index (Phi) is 3.34. The molecule has 228 valence electrons. The van der Waals surface area contributed by atoms with E-state index in [1.165, 1.54) is 0 Å². The van der Waals surface area contributed by atoms with E-state index >= 15 is 0 Å². The third kappa shape index (κ3) is 4.40. The number of hydrogen-bond donors (Lipinski definition) is 0. The molecule has 0 aliphatic rings. The molecule has 0 spiro atoms. The molecule has 0 aliphatic heterocycles. The summed E-state index contributed by atoms with van der Waals surface area (Å²) in [5.74, 6) is 0. The highest BCUT2D eigenvalue weighted by molar-refractivity contribution is 6.23. The van der Waals surface area contributed by atoms with Crippen molar-refractivity contribution in [2.24, 2.45) is 0 Å². The quantitative estimate of drug-likeness (QED) is 0.174. The topological polar surface area (TPSA) is 13.1 Å². The first-order valence-electron chi connectivity index (χ1n) is 24.8. The Morgan fingerprint density at radius 2 is 1.04 bits per heavy atom. The standard InChI is InChI=1S/C48H30O/c1-2-13-31(14-3-1)34-27-28-43-45(30-34)49-44-24-12-23-38(48(43)44)36-17-6-7-18-37(36)47-41-21-10-8-19-39(41)46(40-20-9-11-22-42(40)47)35-26-25-32-15-4-5-16-33(32)29-35/h1-30H/i4D,5D,6D,7D,8D,9D,10D,11D,15D,16D,17D,18D,19D,20D,21D,22D,25D,26D,29D. The first-order chi connectivity index (χ1) is 32.2. The van der Waals surface area contributed by atoms with Crippen LogP contribution in [0.1, 0.15) is 26.0 Å². The summed E-state index contributed by atoms with van der Waals surface area (Å²) in [4.78, 5) is 0. The van der Waals surface area contributed by atoms with Gasteiger partial charge in [0.1, 0.15) is 11.2 Å². The molecule has 10 rings (SSSR count). The average Bonchev–Trinajstić information content (AvgIpc) is 3.72. The fraction of sp³-hybridized carbons (Fsp3) is 0. The van der Waals surface area contributed by atoms with Crippen LogP contribution in [-0.4, -0.2) is 0 Å². The molecule has 1 aromatic heterocycles. The van der Waals surface area contributed by atoms with Crippen LogP contribution in [0.3, 0.4) is 0 Å². The molecule has 1 heteroatoms. The molecular weight excluding hydrogens is 593 g/mol. The molecule has 0 saturated heterocycles. The molecule has 0 amide bonds. The highest BCUT2D eigenvalue weighted by atomic mass is 16.3. The van der Waals surface area contributed by atoms with Gasteiger partial charge in [-0.3, -0.25) is 0 Å². The number of benzene rings is 9. The average molecular weight is 642 g/mol. The van der Waals surface area contributed by atoms with E-state index in [0.717, 1.165) is 11.1 Å². The van der Waals surface area contributed by atoms with Gasteiger partial charge in [0.2, 0.25) is 0 Å². The van der Waals surface area contributed by atoms with E-state index in [1.54, 1.807) is 24.3 Å². The molecule has 0 radical (unpaired) electrons. The molecule has 0 fully saturated rings. The van der Waals surface area contributed by atoms with Gasteiger partial charge in [0.25, 0.3) is 0 Å². The number of fused-ring (bicyclic) bond motifs is 6. The lowest BCUT2D eigenvalue weighted by atomic mass is 9.83. The van der Waals surface area contributed by atoms with Crippen LogP contribution in [0, 0.1) is 0 Å². The maximum Gasteiger partial charge on any atom is 0.136 e. The zero-order valence-corrected chi connectivity index (χ0v) is 25.3. The van der Waals surface area contributed by atoms with E-state index in [-0.39, 0.29) is 11.1 Å². The van der Waals surface area contributed by atoms with Crippen LogP contribution in [0.25, 0.3) is 98.8 Å². The molecule has 0 unspecified atom stereocenters. The second kappa shape index (κ2) is 11.1. The van der Waals surface area contributed by atoms with Crippen molar-refractivity contribution in [3.8, 4) is 44.5 Å². The Balaban J connectivity index is 1.47. The van der Waals surface area contributed by atoms with Crippen molar-refractivity contribution in [2.45, 2.75) is 0 Å². The van der Waals surface area contributed by atoms with Gasteiger partial charge in [-0.15, -0.1) is 0 Å². The Bertz CT molecular complexity index is 3870. The fourth-order valence-corrected chi connectivity index (χ4v) is 6.58. The van der Waals surface area contributed by atoms with E-state index in [1.807, 2.05) is 42.5 Å². The van der Waals surface area contributed by atoms with Gasteiger partial charge >= 0.3 is 0 Å². The van der Waals surface area contributed by atoms with Gasteiger partial charge in [-0.25, -0.2) is 0 Å². The van der Waals surface area contributed by atoms with Crippen molar-refractivity contribution in [3.63, 3.8) is 0 Å². The summed E-state index contributed by atoms with van der Waals surface area (Å²) in [6.07, 6.45) is 0. The van der Waals surface area contributed by atoms with Crippen LogP contribution in [-0.2, 0) is 0 Å². The highest BCUT2D eigenvalue weighted by Gasteiger charge is 2.21. The van der Waals surface area contributed by atoms with E-state index in [9.17, 15) is 11.0 Å². The molecule has 0 bridgehead atoms. The van der Waals surface area contributed by atoms with E-state index < -0.39 is 169 Å². The SMILES string of the molecule is [2H]c1c([2H])c([2H])c(-c2cccc3oc4cc(-c5ccccc5)ccc4c23)c(-c2c3c([2H])c([2H])c([2H])c([2H])c3c(-c3c([2H])c([2H])c4c([2H])c([2H])c([2H])c([2H])c4c3[2H])c3c([2H])c([2H])c([2H])c([2H])c23)c1[2H]. The zero-order chi connectivity index (χ0) is 48.8. The summed E-state index contributed by atoms with van der Waals surface area (Å²) in [5.41, 5.74) is 0.318. The minimum atomic E-state index is -0.862. The maximum absolute atomic E-state index is 9.64. The monoisotopic (exact) mass is 641 g/mol. The summed E-state index contributed by atoms with van der Waals surface area (Å²) >= 11 is 0. The van der Waals surface area contributed by atoms with Crippen molar-refractivity contribution in [1.82, 2.24) is 0 Å². The molecule has 0 saturated carbocycles. The first kappa shape index (κ1) is 14.8. The summed E-state index contributed by atoms with van der Waals surface area (Å²) in [6.45, 7) is 0. The van der Waals surface area contributed by atoms with E-state index in [4.69, 9.17) is 19.5 Å². The third-order valence-corrected chi connectivity index (χ3v) is 8.69. The first-order valence-corrected chi connectivity index (χ1v) is 15.3. The highest BCUT2D eigenvalue weighted by Crippen LogP contribution is 2.48. The Morgan fingerprint density at radius 1 is 0.388 bits per heavy atom. The minimum Gasteiger partial charge on any atom is -0.456 e. The fourth-order valence-electron chi connectivity index (χ4n) is 6.58. The summed E-state index contributed by atoms with van der Waals surface area (Å²) in [5, 5.41) is -2.25. The van der Waals surface area contributed by atoms with Crippen molar-refractivity contribution in [3.05, 3.63) is 182 Å². The molecule has 1 heterocycles. The Labute approximate surface area is 311 Å². The minimum absolute atomic E-state index is 0.173. The maximum atomic E-state index is 9.64. The van der Waals surface area contributed by atoms with Gasteiger partial charge in [0, 0.05) is 10.8 Å². The van der Waals surface area contributed by atoms with Gasteiger partial charge in [0.05, 0.1) is 26.0 Å². The lowest BCUT2D eigenvalue weighted by molar-refractivity contribution is 0.669. The Hall–Kier alpha value is -6.44. The predicted octanol–water partition coefficient (Wildman–Crippen LogP) is 13.7. The van der Waals surface area contributed by atoms with Gasteiger partial charge in [-0.05, 0) is 101 Å². The van der Waals surface area contributed by atoms with Gasteiger partial charge < -0.3 is 4.42 Å². The van der Waals surface area contributed by atoms with Crippen molar-refractivity contribution >= 4 is 54.3 Å². The van der Waals surface area contributed by atoms with Crippen molar-refractivity contribution in [2.75, 3.05) is 0 Å². The summed E-state index contributed by atoms with van der Waals surface area (Å²) < 4.78 is 179. The second-order valence-corrected chi connectivity index (χ2v) is 11.4. The van der Waals surface area contributed by atoms with Gasteiger partial charge in [-0.1, -0.05) is 157 Å². The van der Waals surface area contributed by atoms with Crippen LogP contribution >= 0.6 is 0 Å². The van der Waals surface area contributed by atoms with E-state index in [2.05, 4.69) is 0 Å². The lowest BCUT2D eigenvalue weighted by Crippen LogP contribution is -1.93. The lowest BCUT2D eigenvalue weighted by Gasteiger charge is -2.20. The Morgan fingerprint density at radius 3 is 1.80 bits per heavy atom. The predicted molar refractivity (Wildman–Crippen MR) is 208 cm³/mol. The third-order valence-electron chi connectivity index (χ3n) is 8.69. The van der Waals surface area contributed by atoms with Crippen LogP contribution in [0.5, 0.6) is 0 Å². The zero-order valence-electron chi connectivity index (χ0n) is 44.3. The van der Waals surface area contributed by atoms with E-state index in [0.29, 0.717) is 21.9 Å². The molecule has 1 nitrogen and oxygen atoms in total. The molecule has 0 atom stereocenters. The number of furan rings is 1. The van der Waals surface area contributed by atoms with Crippen LogP contribution in [0.15, 0.2) is 186 Å². The molecule has 10 aromatic rings. The van der Waals surface area contributed by atoms with Crippen molar-refractivity contribution in [1.29, 1.82) is 0 Å². The normalized spacial score (nSPS) is 17.1.